The molecular formula is C14H12BrClFN. The number of nitrogens with zero attached hydrogens (tertiary/aromatic N) is 1. The number of aromatic nitrogens is 1. The SMILES string of the molecule is Cc1ccc(CC(Cl)c2ccc(F)cc2Br)nc1. The summed E-state index contributed by atoms with van der Waals surface area (Å²) in [7, 11) is 0. The molecule has 0 fully saturated rings. The van der Waals surface area contributed by atoms with Crippen LogP contribution in [-0.4, -0.2) is 4.98 Å². The van der Waals surface area contributed by atoms with Gasteiger partial charge >= 0.3 is 0 Å². The average Bonchev–Trinajstić information content (AvgIpc) is 2.32. The van der Waals surface area contributed by atoms with Crippen LogP contribution in [0.5, 0.6) is 0 Å². The Balaban J connectivity index is 2.16. The highest BCUT2D eigenvalue weighted by Crippen LogP contribution is 2.31. The van der Waals surface area contributed by atoms with Crippen molar-refractivity contribution < 1.29 is 4.39 Å². The first-order valence-electron chi connectivity index (χ1n) is 5.57. The third-order valence-corrected chi connectivity index (χ3v) is 3.74. The number of benzene rings is 1. The molecule has 1 atom stereocenters. The maximum Gasteiger partial charge on any atom is 0.124 e. The molecule has 0 aliphatic rings. The molecule has 18 heavy (non-hydrogen) atoms. The van der Waals surface area contributed by atoms with Gasteiger partial charge in [0.2, 0.25) is 0 Å². The Hall–Kier alpha value is -0.930. The number of halogens is 3. The second kappa shape index (κ2) is 5.81. The van der Waals surface area contributed by atoms with E-state index in [4.69, 9.17) is 11.6 Å². The Kier molecular flexibility index (Phi) is 4.36. The molecular weight excluding hydrogens is 317 g/mol. The predicted octanol–water partition coefficient (Wildman–Crippen LogP) is 4.81. The van der Waals surface area contributed by atoms with E-state index in [1.165, 1.54) is 12.1 Å². The van der Waals surface area contributed by atoms with Crippen molar-refractivity contribution in [3.8, 4) is 0 Å². The van der Waals surface area contributed by atoms with E-state index in [0.717, 1.165) is 16.8 Å². The van der Waals surface area contributed by atoms with Crippen molar-refractivity contribution in [2.45, 2.75) is 18.7 Å². The van der Waals surface area contributed by atoms with E-state index in [1.807, 2.05) is 25.3 Å². The summed E-state index contributed by atoms with van der Waals surface area (Å²) in [5.41, 5.74) is 2.92. The zero-order valence-electron chi connectivity index (χ0n) is 9.83. The van der Waals surface area contributed by atoms with Crippen molar-refractivity contribution in [3.63, 3.8) is 0 Å². The van der Waals surface area contributed by atoms with E-state index in [9.17, 15) is 4.39 Å². The average molecular weight is 329 g/mol. The number of pyridine rings is 1. The standard InChI is InChI=1S/C14H12BrClFN/c1-9-2-4-11(18-8-9)7-14(16)12-5-3-10(17)6-13(12)15/h2-6,8,14H,7H2,1H3. The fourth-order valence-electron chi connectivity index (χ4n) is 1.67. The first-order valence-corrected chi connectivity index (χ1v) is 6.80. The van der Waals surface area contributed by atoms with Crippen molar-refractivity contribution in [2.24, 2.45) is 0 Å². The lowest BCUT2D eigenvalue weighted by molar-refractivity contribution is 0.625. The van der Waals surface area contributed by atoms with Crippen LogP contribution in [0.4, 0.5) is 4.39 Å². The molecule has 1 nitrogen and oxygen atoms in total. The van der Waals surface area contributed by atoms with Gasteiger partial charge in [0.15, 0.2) is 0 Å². The molecule has 0 spiro atoms. The lowest BCUT2D eigenvalue weighted by atomic mass is 10.1. The summed E-state index contributed by atoms with van der Waals surface area (Å²) in [6, 6.07) is 8.50. The minimum absolute atomic E-state index is 0.227. The van der Waals surface area contributed by atoms with Crippen molar-refractivity contribution in [2.75, 3.05) is 0 Å². The maximum absolute atomic E-state index is 13.0. The van der Waals surface area contributed by atoms with Gasteiger partial charge in [0.05, 0.1) is 5.38 Å². The summed E-state index contributed by atoms with van der Waals surface area (Å²) >= 11 is 9.67. The van der Waals surface area contributed by atoms with E-state index >= 15 is 0 Å². The highest BCUT2D eigenvalue weighted by molar-refractivity contribution is 9.10. The van der Waals surface area contributed by atoms with Crippen LogP contribution in [-0.2, 0) is 6.42 Å². The highest BCUT2D eigenvalue weighted by Gasteiger charge is 2.13. The summed E-state index contributed by atoms with van der Waals surface area (Å²) in [6.07, 6.45) is 2.44. The van der Waals surface area contributed by atoms with E-state index in [2.05, 4.69) is 20.9 Å². The van der Waals surface area contributed by atoms with Crippen LogP contribution in [0.3, 0.4) is 0 Å². The molecule has 2 rings (SSSR count). The smallest absolute Gasteiger partial charge is 0.124 e. The molecule has 0 N–H and O–H groups in total. The van der Waals surface area contributed by atoms with E-state index in [1.54, 1.807) is 6.07 Å². The highest BCUT2D eigenvalue weighted by atomic mass is 79.9. The Labute approximate surface area is 119 Å². The van der Waals surface area contributed by atoms with Gasteiger partial charge in [-0.2, -0.15) is 0 Å². The fraction of sp³-hybridized carbons (Fsp3) is 0.214. The summed E-state index contributed by atoms with van der Waals surface area (Å²) in [5, 5.41) is -0.227. The van der Waals surface area contributed by atoms with Crippen LogP contribution < -0.4 is 0 Å². The fourth-order valence-corrected chi connectivity index (χ4v) is 2.78. The Bertz CT molecular complexity index is 542. The summed E-state index contributed by atoms with van der Waals surface area (Å²) in [6.45, 7) is 1.99. The largest absolute Gasteiger partial charge is 0.261 e. The topological polar surface area (TPSA) is 12.9 Å². The van der Waals surface area contributed by atoms with Gasteiger partial charge in [-0.05, 0) is 36.2 Å². The van der Waals surface area contributed by atoms with Gasteiger partial charge in [-0.1, -0.05) is 28.1 Å². The van der Waals surface area contributed by atoms with Gasteiger partial charge in [0.25, 0.3) is 0 Å². The van der Waals surface area contributed by atoms with Crippen LogP contribution in [0, 0.1) is 12.7 Å². The van der Waals surface area contributed by atoms with Gasteiger partial charge in [0.1, 0.15) is 5.82 Å². The summed E-state index contributed by atoms with van der Waals surface area (Å²) < 4.78 is 13.7. The maximum atomic E-state index is 13.0. The van der Waals surface area contributed by atoms with Crippen LogP contribution in [0.2, 0.25) is 0 Å². The van der Waals surface area contributed by atoms with Crippen LogP contribution in [0.15, 0.2) is 41.0 Å². The molecule has 1 aromatic carbocycles. The minimum atomic E-state index is -0.275. The predicted molar refractivity (Wildman–Crippen MR) is 75.4 cm³/mol. The van der Waals surface area contributed by atoms with E-state index in [-0.39, 0.29) is 11.2 Å². The van der Waals surface area contributed by atoms with Crippen LogP contribution in [0.25, 0.3) is 0 Å². The second-order valence-electron chi connectivity index (χ2n) is 4.16. The zero-order valence-corrected chi connectivity index (χ0v) is 12.2. The molecule has 0 saturated carbocycles. The number of aryl methyl sites for hydroxylation is 1. The lowest BCUT2D eigenvalue weighted by Crippen LogP contribution is -1.99. The third-order valence-electron chi connectivity index (χ3n) is 2.66. The molecule has 1 unspecified atom stereocenters. The first-order chi connectivity index (χ1) is 8.56. The molecule has 0 bridgehead atoms. The van der Waals surface area contributed by atoms with E-state index < -0.39 is 0 Å². The molecule has 1 heterocycles. The normalized spacial score (nSPS) is 12.4. The lowest BCUT2D eigenvalue weighted by Gasteiger charge is -2.11. The summed E-state index contributed by atoms with van der Waals surface area (Å²) in [5.74, 6) is -0.275. The van der Waals surface area contributed by atoms with Gasteiger partial charge in [-0.15, -0.1) is 11.6 Å². The monoisotopic (exact) mass is 327 g/mol. The quantitative estimate of drug-likeness (QED) is 0.737. The van der Waals surface area contributed by atoms with Gasteiger partial charge in [-0.25, -0.2) is 4.39 Å². The third kappa shape index (κ3) is 3.30. The van der Waals surface area contributed by atoms with Gasteiger partial charge < -0.3 is 0 Å². The Morgan fingerprint density at radius 2 is 2.11 bits per heavy atom. The molecule has 4 heteroatoms. The molecule has 0 amide bonds. The number of alkyl halides is 1. The Morgan fingerprint density at radius 3 is 2.72 bits per heavy atom. The molecule has 0 radical (unpaired) electrons. The van der Waals surface area contributed by atoms with Crippen molar-refractivity contribution >= 4 is 27.5 Å². The van der Waals surface area contributed by atoms with Crippen LogP contribution in [0.1, 0.15) is 22.2 Å². The molecule has 0 saturated heterocycles. The molecule has 1 aromatic heterocycles. The number of rotatable bonds is 3. The molecule has 0 aliphatic heterocycles. The summed E-state index contributed by atoms with van der Waals surface area (Å²) in [4.78, 5) is 4.32. The van der Waals surface area contributed by atoms with Crippen LogP contribution >= 0.6 is 27.5 Å². The minimum Gasteiger partial charge on any atom is -0.261 e. The van der Waals surface area contributed by atoms with Crippen molar-refractivity contribution in [1.82, 2.24) is 4.98 Å². The first kappa shape index (κ1) is 13.5. The van der Waals surface area contributed by atoms with Crippen molar-refractivity contribution in [3.05, 3.63) is 63.6 Å². The zero-order chi connectivity index (χ0) is 13.1. The van der Waals surface area contributed by atoms with E-state index in [0.29, 0.717) is 10.9 Å². The van der Waals surface area contributed by atoms with Gasteiger partial charge in [-0.3, -0.25) is 4.98 Å². The second-order valence-corrected chi connectivity index (χ2v) is 5.55. The van der Waals surface area contributed by atoms with Gasteiger partial charge in [0, 0.05) is 22.8 Å². The molecule has 0 aliphatic carbocycles. The Morgan fingerprint density at radius 1 is 1.33 bits per heavy atom. The number of hydrogen-bond donors (Lipinski definition) is 0. The number of hydrogen-bond acceptors (Lipinski definition) is 1. The molecule has 94 valence electrons. The molecule has 2 aromatic rings. The van der Waals surface area contributed by atoms with Crippen molar-refractivity contribution in [1.29, 1.82) is 0 Å².